The molecule has 2 aromatic rings. The highest BCUT2D eigenvalue weighted by Crippen LogP contribution is 2.30. The van der Waals surface area contributed by atoms with E-state index in [0.29, 0.717) is 17.1 Å². The summed E-state index contributed by atoms with van der Waals surface area (Å²) in [5.74, 6) is 1.03. The summed E-state index contributed by atoms with van der Waals surface area (Å²) >= 11 is 0. The van der Waals surface area contributed by atoms with Crippen molar-refractivity contribution in [1.82, 2.24) is 5.32 Å². The number of hydrogen-bond donors (Lipinski definition) is 1. The fraction of sp³-hybridized carbons (Fsp3) is 0.316. The predicted octanol–water partition coefficient (Wildman–Crippen LogP) is 3.17. The quantitative estimate of drug-likeness (QED) is 0.723. The van der Waals surface area contributed by atoms with Gasteiger partial charge in [0.05, 0.1) is 27.8 Å². The van der Waals surface area contributed by atoms with Crippen LogP contribution in [-0.2, 0) is 17.8 Å². The van der Waals surface area contributed by atoms with E-state index >= 15 is 0 Å². The Balaban J connectivity index is 1.97. The number of alkyl halides is 2. The summed E-state index contributed by atoms with van der Waals surface area (Å²) in [5, 5.41) is 2.77. The molecule has 2 aromatic carbocycles. The van der Waals surface area contributed by atoms with Crippen molar-refractivity contribution >= 4 is 5.91 Å². The second-order valence-corrected chi connectivity index (χ2v) is 5.51. The number of benzene rings is 2. The van der Waals surface area contributed by atoms with Crippen LogP contribution in [0.25, 0.3) is 0 Å². The Morgan fingerprint density at radius 1 is 0.889 bits per heavy atom. The lowest BCUT2D eigenvalue weighted by atomic mass is 10.1. The molecule has 0 unspecified atom stereocenters. The Hall–Kier alpha value is -3.03. The van der Waals surface area contributed by atoms with Gasteiger partial charge in [-0.05, 0) is 35.4 Å². The first-order valence-electron chi connectivity index (χ1n) is 8.06. The van der Waals surface area contributed by atoms with Crippen molar-refractivity contribution in [2.45, 2.75) is 19.6 Å². The van der Waals surface area contributed by atoms with E-state index in [1.54, 1.807) is 24.3 Å². The molecule has 0 radical (unpaired) electrons. The van der Waals surface area contributed by atoms with Crippen molar-refractivity contribution in [2.75, 3.05) is 21.3 Å². The van der Waals surface area contributed by atoms with Gasteiger partial charge < -0.3 is 24.3 Å². The Morgan fingerprint density at radius 2 is 1.44 bits per heavy atom. The maximum absolute atomic E-state index is 12.3. The fourth-order valence-corrected chi connectivity index (χ4v) is 2.45. The molecule has 0 spiro atoms. The Bertz CT molecular complexity index is 783. The predicted molar refractivity (Wildman–Crippen MR) is 94.7 cm³/mol. The van der Waals surface area contributed by atoms with Gasteiger partial charge >= 0.3 is 6.61 Å². The van der Waals surface area contributed by atoms with E-state index in [-0.39, 0.29) is 30.4 Å². The van der Waals surface area contributed by atoms with Gasteiger partial charge in [-0.2, -0.15) is 8.78 Å². The first-order chi connectivity index (χ1) is 13.0. The molecule has 0 aliphatic carbocycles. The minimum Gasteiger partial charge on any atom is -0.493 e. The molecule has 0 aliphatic heterocycles. The second-order valence-electron chi connectivity index (χ2n) is 5.51. The third-order valence-electron chi connectivity index (χ3n) is 3.75. The molecule has 27 heavy (non-hydrogen) atoms. The number of carbonyl (C=O) groups is 1. The number of nitrogens with one attached hydrogen (secondary N) is 1. The second kappa shape index (κ2) is 9.61. The Morgan fingerprint density at radius 3 is 2.07 bits per heavy atom. The van der Waals surface area contributed by atoms with E-state index in [9.17, 15) is 13.6 Å². The topological polar surface area (TPSA) is 66.0 Å². The third-order valence-corrected chi connectivity index (χ3v) is 3.75. The van der Waals surface area contributed by atoms with Crippen LogP contribution in [0.1, 0.15) is 11.1 Å². The van der Waals surface area contributed by atoms with Crippen LogP contribution in [0.3, 0.4) is 0 Å². The van der Waals surface area contributed by atoms with Gasteiger partial charge in [-0.3, -0.25) is 4.79 Å². The summed E-state index contributed by atoms with van der Waals surface area (Å²) in [6.45, 7) is -2.72. The van der Waals surface area contributed by atoms with E-state index in [0.717, 1.165) is 5.56 Å². The first-order valence-corrected chi connectivity index (χ1v) is 8.06. The lowest BCUT2D eigenvalue weighted by Gasteiger charge is -2.12. The average molecular weight is 381 g/mol. The molecule has 0 saturated carbocycles. The maximum atomic E-state index is 12.3. The van der Waals surface area contributed by atoms with Crippen LogP contribution in [0.4, 0.5) is 8.78 Å². The van der Waals surface area contributed by atoms with Crippen LogP contribution < -0.4 is 24.3 Å². The normalized spacial score (nSPS) is 10.4. The van der Waals surface area contributed by atoms with Gasteiger partial charge in [0.2, 0.25) is 5.91 Å². The smallest absolute Gasteiger partial charge is 0.387 e. The molecule has 0 aliphatic rings. The number of methoxy groups -OCH3 is 3. The van der Waals surface area contributed by atoms with Crippen molar-refractivity contribution in [1.29, 1.82) is 0 Å². The largest absolute Gasteiger partial charge is 0.493 e. The van der Waals surface area contributed by atoms with Crippen LogP contribution in [0, 0.1) is 0 Å². The van der Waals surface area contributed by atoms with Gasteiger partial charge in [-0.15, -0.1) is 0 Å². The molecule has 0 bridgehead atoms. The molecule has 0 aromatic heterocycles. The SMILES string of the molecule is COc1ccc(CC(=O)NCc2ccc(OC(F)F)c(OC)c2)cc1OC. The van der Waals surface area contributed by atoms with E-state index in [4.69, 9.17) is 14.2 Å². The van der Waals surface area contributed by atoms with Crippen LogP contribution in [-0.4, -0.2) is 33.8 Å². The first kappa shape index (κ1) is 20.3. The molecule has 1 amide bonds. The van der Waals surface area contributed by atoms with Crippen LogP contribution >= 0.6 is 0 Å². The van der Waals surface area contributed by atoms with Gasteiger partial charge in [0.25, 0.3) is 0 Å². The van der Waals surface area contributed by atoms with Gasteiger partial charge in [-0.1, -0.05) is 12.1 Å². The monoisotopic (exact) mass is 381 g/mol. The van der Waals surface area contributed by atoms with Crippen molar-refractivity contribution in [2.24, 2.45) is 0 Å². The summed E-state index contributed by atoms with van der Waals surface area (Å²) in [5.41, 5.74) is 1.46. The molecule has 0 atom stereocenters. The molecule has 0 heterocycles. The summed E-state index contributed by atoms with van der Waals surface area (Å²) in [4.78, 5) is 12.2. The molecular weight excluding hydrogens is 360 g/mol. The number of carbonyl (C=O) groups excluding carboxylic acids is 1. The van der Waals surface area contributed by atoms with Gasteiger partial charge in [0.1, 0.15) is 0 Å². The molecule has 2 rings (SSSR count). The summed E-state index contributed by atoms with van der Waals surface area (Å²) in [6.07, 6.45) is 0.157. The average Bonchev–Trinajstić information content (AvgIpc) is 2.66. The summed E-state index contributed by atoms with van der Waals surface area (Å²) < 4.78 is 44.5. The van der Waals surface area contributed by atoms with E-state index in [1.807, 2.05) is 0 Å². The van der Waals surface area contributed by atoms with Gasteiger partial charge in [0, 0.05) is 6.54 Å². The minimum atomic E-state index is -2.94. The summed E-state index contributed by atoms with van der Waals surface area (Å²) in [7, 11) is 4.42. The number of amides is 1. The van der Waals surface area contributed by atoms with Crippen LogP contribution in [0.15, 0.2) is 36.4 Å². The molecular formula is C19H21F2NO5. The van der Waals surface area contributed by atoms with Crippen molar-refractivity contribution in [3.63, 3.8) is 0 Å². The highest BCUT2D eigenvalue weighted by molar-refractivity contribution is 5.78. The molecule has 146 valence electrons. The molecule has 6 nitrogen and oxygen atoms in total. The summed E-state index contributed by atoms with van der Waals surface area (Å²) in [6, 6.07) is 9.73. The highest BCUT2D eigenvalue weighted by atomic mass is 19.3. The molecule has 0 saturated heterocycles. The van der Waals surface area contributed by atoms with Crippen LogP contribution in [0.5, 0.6) is 23.0 Å². The zero-order valence-corrected chi connectivity index (χ0v) is 15.3. The number of ether oxygens (including phenoxy) is 4. The van der Waals surface area contributed by atoms with E-state index in [1.165, 1.54) is 33.5 Å². The molecule has 0 fully saturated rings. The Kier molecular flexibility index (Phi) is 7.22. The number of halogens is 2. The van der Waals surface area contributed by atoms with Crippen molar-refractivity contribution in [3.8, 4) is 23.0 Å². The van der Waals surface area contributed by atoms with Gasteiger partial charge in [-0.25, -0.2) is 0 Å². The van der Waals surface area contributed by atoms with Gasteiger partial charge in [0.15, 0.2) is 23.0 Å². The van der Waals surface area contributed by atoms with E-state index in [2.05, 4.69) is 10.1 Å². The number of hydrogen-bond acceptors (Lipinski definition) is 5. The van der Waals surface area contributed by atoms with Crippen molar-refractivity contribution < 1.29 is 32.5 Å². The lowest BCUT2D eigenvalue weighted by molar-refractivity contribution is -0.120. The Labute approximate surface area is 156 Å². The third kappa shape index (κ3) is 5.73. The molecule has 1 N–H and O–H groups in total. The maximum Gasteiger partial charge on any atom is 0.387 e. The standard InChI is InChI=1S/C19H21F2NO5/c1-24-14-6-4-12(8-16(14)25-2)10-18(23)22-11-13-5-7-15(27-19(20)21)17(9-13)26-3/h4-9,19H,10-11H2,1-3H3,(H,22,23). The lowest BCUT2D eigenvalue weighted by Crippen LogP contribution is -2.24. The fourth-order valence-electron chi connectivity index (χ4n) is 2.45. The number of rotatable bonds is 9. The minimum absolute atomic E-state index is 0.0621. The highest BCUT2D eigenvalue weighted by Gasteiger charge is 2.12. The molecule has 8 heteroatoms. The zero-order chi connectivity index (χ0) is 19.8. The van der Waals surface area contributed by atoms with E-state index < -0.39 is 6.61 Å². The van der Waals surface area contributed by atoms with Crippen LogP contribution in [0.2, 0.25) is 0 Å². The van der Waals surface area contributed by atoms with Crippen molar-refractivity contribution in [3.05, 3.63) is 47.5 Å². The zero-order valence-electron chi connectivity index (χ0n) is 15.3.